The van der Waals surface area contributed by atoms with Gasteiger partial charge >= 0.3 is 5.97 Å². The Bertz CT molecular complexity index is 325. The van der Waals surface area contributed by atoms with E-state index in [1.165, 1.54) is 6.42 Å². The van der Waals surface area contributed by atoms with Gasteiger partial charge in [-0.05, 0) is 32.1 Å². The van der Waals surface area contributed by atoms with E-state index in [-0.39, 0.29) is 17.9 Å². The van der Waals surface area contributed by atoms with Crippen molar-refractivity contribution in [2.24, 2.45) is 0 Å². The average Bonchev–Trinajstić information content (AvgIpc) is 2.32. The van der Waals surface area contributed by atoms with Crippen molar-refractivity contribution in [2.45, 2.75) is 50.5 Å². The van der Waals surface area contributed by atoms with Crippen molar-refractivity contribution in [3.8, 4) is 0 Å². The molecule has 1 heterocycles. The highest BCUT2D eigenvalue weighted by atomic mass is 16.5. The van der Waals surface area contributed by atoms with Crippen molar-refractivity contribution in [3.63, 3.8) is 0 Å². The lowest BCUT2D eigenvalue weighted by molar-refractivity contribution is -0.158. The molecule has 0 aromatic carbocycles. The molecular weight excluding hydrogens is 234 g/mol. The summed E-state index contributed by atoms with van der Waals surface area (Å²) in [5.41, 5.74) is -0.0257. The number of hydrogen-bond acceptors (Lipinski definition) is 3. The Morgan fingerprint density at radius 3 is 2.56 bits per heavy atom. The fourth-order valence-electron chi connectivity index (χ4n) is 2.81. The van der Waals surface area contributed by atoms with E-state index in [9.17, 15) is 9.59 Å². The minimum atomic E-state index is -0.788. The highest BCUT2D eigenvalue weighted by Crippen LogP contribution is 2.40. The number of ether oxygens (including phenoxy) is 1. The summed E-state index contributed by atoms with van der Waals surface area (Å²) in [6.07, 6.45) is 5.14. The Kier molecular flexibility index (Phi) is 4.22. The molecule has 1 N–H and O–H groups in total. The molecular formula is C13H21NO4. The first-order valence-corrected chi connectivity index (χ1v) is 6.74. The molecule has 1 amide bonds. The number of aliphatic carboxylic acids is 1. The molecule has 2 aliphatic rings. The van der Waals surface area contributed by atoms with E-state index in [0.717, 1.165) is 12.8 Å². The monoisotopic (exact) mass is 255 g/mol. The first-order chi connectivity index (χ1) is 8.64. The van der Waals surface area contributed by atoms with Crippen LogP contribution in [0.15, 0.2) is 0 Å². The molecule has 5 nitrogen and oxygen atoms in total. The minimum Gasteiger partial charge on any atom is -0.481 e. The zero-order chi connectivity index (χ0) is 13.0. The van der Waals surface area contributed by atoms with E-state index in [2.05, 4.69) is 0 Å². The third-order valence-corrected chi connectivity index (χ3v) is 4.02. The van der Waals surface area contributed by atoms with Crippen LogP contribution in [0.4, 0.5) is 0 Å². The summed E-state index contributed by atoms with van der Waals surface area (Å²) >= 11 is 0. The van der Waals surface area contributed by atoms with Gasteiger partial charge in [0.1, 0.15) is 0 Å². The van der Waals surface area contributed by atoms with Crippen LogP contribution in [-0.4, -0.2) is 47.2 Å². The number of carbonyl (C=O) groups excluding carboxylic acids is 1. The van der Waals surface area contributed by atoms with Gasteiger partial charge in [-0.2, -0.15) is 0 Å². The van der Waals surface area contributed by atoms with Crippen molar-refractivity contribution in [2.75, 3.05) is 19.8 Å². The molecule has 1 spiro atoms. The second kappa shape index (κ2) is 5.69. The first-order valence-electron chi connectivity index (χ1n) is 6.74. The molecule has 1 aliphatic carbocycles. The van der Waals surface area contributed by atoms with E-state index in [0.29, 0.717) is 39.0 Å². The summed E-state index contributed by atoms with van der Waals surface area (Å²) < 4.78 is 5.49. The Morgan fingerprint density at radius 2 is 1.94 bits per heavy atom. The van der Waals surface area contributed by atoms with Crippen molar-refractivity contribution in [1.29, 1.82) is 0 Å². The molecule has 0 radical (unpaired) electrons. The number of carbonyl (C=O) groups is 2. The number of morpholine rings is 1. The van der Waals surface area contributed by atoms with Crippen molar-refractivity contribution >= 4 is 11.9 Å². The van der Waals surface area contributed by atoms with E-state index >= 15 is 0 Å². The third kappa shape index (κ3) is 2.83. The van der Waals surface area contributed by atoms with Crippen LogP contribution < -0.4 is 0 Å². The summed E-state index contributed by atoms with van der Waals surface area (Å²) in [5, 5.41) is 8.55. The molecule has 5 heteroatoms. The third-order valence-electron chi connectivity index (χ3n) is 4.02. The van der Waals surface area contributed by atoms with Crippen LogP contribution in [0.25, 0.3) is 0 Å². The molecule has 0 atom stereocenters. The second-order valence-electron chi connectivity index (χ2n) is 5.28. The van der Waals surface area contributed by atoms with Crippen LogP contribution in [-0.2, 0) is 14.3 Å². The Morgan fingerprint density at radius 1 is 1.22 bits per heavy atom. The van der Waals surface area contributed by atoms with Crippen molar-refractivity contribution in [3.05, 3.63) is 0 Å². The predicted molar refractivity (Wildman–Crippen MR) is 65.2 cm³/mol. The van der Waals surface area contributed by atoms with Gasteiger partial charge in [0.15, 0.2) is 0 Å². The van der Waals surface area contributed by atoms with Gasteiger partial charge in [-0.25, -0.2) is 0 Å². The standard InChI is InChI=1S/C13H21NO4/c15-11(4-1-2-5-12(16)17)14-8-9-18-10-13(14)6-3-7-13/h1-10H2,(H,16,17). The van der Waals surface area contributed by atoms with Gasteiger partial charge in [-0.3, -0.25) is 9.59 Å². The largest absolute Gasteiger partial charge is 0.481 e. The molecule has 1 saturated heterocycles. The Hall–Kier alpha value is -1.10. The number of carboxylic acids is 1. The lowest BCUT2D eigenvalue weighted by Crippen LogP contribution is -2.62. The summed E-state index contributed by atoms with van der Waals surface area (Å²) in [4.78, 5) is 24.6. The van der Waals surface area contributed by atoms with Crippen LogP contribution >= 0.6 is 0 Å². The van der Waals surface area contributed by atoms with Gasteiger partial charge < -0.3 is 14.7 Å². The zero-order valence-corrected chi connectivity index (χ0v) is 10.7. The highest BCUT2D eigenvalue weighted by molar-refractivity contribution is 5.77. The fourth-order valence-corrected chi connectivity index (χ4v) is 2.81. The molecule has 2 fully saturated rings. The Labute approximate surface area is 107 Å². The minimum absolute atomic E-state index is 0.0257. The normalized spacial score (nSPS) is 21.7. The van der Waals surface area contributed by atoms with Crippen LogP contribution in [0.3, 0.4) is 0 Å². The fraction of sp³-hybridized carbons (Fsp3) is 0.846. The maximum absolute atomic E-state index is 12.2. The van der Waals surface area contributed by atoms with Gasteiger partial charge in [0.05, 0.1) is 18.8 Å². The second-order valence-corrected chi connectivity index (χ2v) is 5.28. The maximum Gasteiger partial charge on any atom is 0.303 e. The summed E-state index contributed by atoms with van der Waals surface area (Å²) in [7, 11) is 0. The molecule has 0 aromatic rings. The molecule has 1 saturated carbocycles. The summed E-state index contributed by atoms with van der Waals surface area (Å²) in [6, 6.07) is 0. The molecule has 0 unspecified atom stereocenters. The van der Waals surface area contributed by atoms with Gasteiger partial charge in [0, 0.05) is 19.4 Å². The zero-order valence-electron chi connectivity index (χ0n) is 10.7. The lowest BCUT2D eigenvalue weighted by Gasteiger charge is -2.52. The van der Waals surface area contributed by atoms with E-state index in [1.54, 1.807) is 0 Å². The predicted octanol–water partition coefficient (Wildman–Crippen LogP) is 1.41. The summed E-state index contributed by atoms with van der Waals surface area (Å²) in [5.74, 6) is -0.618. The number of nitrogens with zero attached hydrogens (tertiary/aromatic N) is 1. The van der Waals surface area contributed by atoms with E-state index in [1.807, 2.05) is 4.90 Å². The van der Waals surface area contributed by atoms with Gasteiger partial charge in [-0.15, -0.1) is 0 Å². The summed E-state index contributed by atoms with van der Waals surface area (Å²) in [6.45, 7) is 1.99. The smallest absolute Gasteiger partial charge is 0.303 e. The molecule has 18 heavy (non-hydrogen) atoms. The quantitative estimate of drug-likeness (QED) is 0.754. The van der Waals surface area contributed by atoms with E-state index in [4.69, 9.17) is 9.84 Å². The highest BCUT2D eigenvalue weighted by Gasteiger charge is 2.46. The van der Waals surface area contributed by atoms with Gasteiger partial charge in [0.2, 0.25) is 5.91 Å². The molecule has 0 bridgehead atoms. The van der Waals surface area contributed by atoms with Crippen LogP contribution in [0.5, 0.6) is 0 Å². The van der Waals surface area contributed by atoms with Crippen molar-refractivity contribution in [1.82, 2.24) is 4.90 Å². The Balaban J connectivity index is 1.78. The van der Waals surface area contributed by atoms with Gasteiger partial charge in [0.25, 0.3) is 0 Å². The van der Waals surface area contributed by atoms with Gasteiger partial charge in [-0.1, -0.05) is 0 Å². The van der Waals surface area contributed by atoms with Crippen molar-refractivity contribution < 1.29 is 19.4 Å². The molecule has 102 valence electrons. The molecule has 2 rings (SSSR count). The van der Waals surface area contributed by atoms with Crippen LogP contribution in [0, 0.1) is 0 Å². The van der Waals surface area contributed by atoms with E-state index < -0.39 is 5.97 Å². The lowest BCUT2D eigenvalue weighted by atomic mass is 9.75. The molecule has 1 aliphatic heterocycles. The van der Waals surface area contributed by atoms with Crippen LogP contribution in [0.1, 0.15) is 44.9 Å². The maximum atomic E-state index is 12.2. The number of hydrogen-bond donors (Lipinski definition) is 1. The van der Waals surface area contributed by atoms with Crippen LogP contribution in [0.2, 0.25) is 0 Å². The molecule has 0 aromatic heterocycles. The number of rotatable bonds is 5. The first kappa shape index (κ1) is 13.3. The SMILES string of the molecule is O=C(O)CCCCC(=O)N1CCOCC12CCC2. The number of carboxylic acid groups (broad SMARTS) is 1. The topological polar surface area (TPSA) is 66.8 Å². The average molecular weight is 255 g/mol. The number of unbranched alkanes of at least 4 members (excludes halogenated alkanes) is 1. The number of amides is 1.